The van der Waals surface area contributed by atoms with E-state index in [4.69, 9.17) is 0 Å². The summed E-state index contributed by atoms with van der Waals surface area (Å²) in [6.07, 6.45) is 1.68. The highest BCUT2D eigenvalue weighted by molar-refractivity contribution is 7.13. The van der Waals surface area contributed by atoms with Crippen molar-refractivity contribution in [1.29, 1.82) is 0 Å². The number of carbonyl (C=O) groups excluding carboxylic acids is 1. The number of benzene rings is 1. The Kier molecular flexibility index (Phi) is 3.97. The molecule has 2 heterocycles. The highest BCUT2D eigenvalue weighted by Crippen LogP contribution is 2.23. The maximum Gasteiger partial charge on any atom is 0.271 e. The molecule has 22 heavy (non-hydrogen) atoms. The summed E-state index contributed by atoms with van der Waals surface area (Å²) in [4.78, 5) is 16.4. The van der Waals surface area contributed by atoms with Crippen LogP contribution in [0.4, 0.5) is 4.39 Å². The van der Waals surface area contributed by atoms with Crippen LogP contribution in [0.15, 0.2) is 41.9 Å². The van der Waals surface area contributed by atoms with E-state index in [-0.39, 0.29) is 11.7 Å². The zero-order valence-corrected chi connectivity index (χ0v) is 12.6. The molecule has 0 spiro atoms. The monoisotopic (exact) mass is 316 g/mol. The Morgan fingerprint density at radius 3 is 2.77 bits per heavy atom. The van der Waals surface area contributed by atoms with Gasteiger partial charge in [0.05, 0.1) is 12.2 Å². The molecule has 0 saturated carbocycles. The summed E-state index contributed by atoms with van der Waals surface area (Å²) < 4.78 is 14.6. The van der Waals surface area contributed by atoms with E-state index in [2.05, 4.69) is 15.4 Å². The molecule has 3 aromatic rings. The number of aryl methyl sites for hydroxylation is 1. The number of nitrogens with zero attached hydrogens (tertiary/aromatic N) is 3. The van der Waals surface area contributed by atoms with Gasteiger partial charge in [0.15, 0.2) is 0 Å². The number of carbonyl (C=O) groups is 1. The molecule has 0 aliphatic heterocycles. The average Bonchev–Trinajstić information content (AvgIpc) is 3.15. The van der Waals surface area contributed by atoms with Crippen LogP contribution in [0.5, 0.6) is 0 Å². The molecule has 1 N–H and O–H groups in total. The zero-order chi connectivity index (χ0) is 15.5. The lowest BCUT2D eigenvalue weighted by molar-refractivity contribution is 0.0946. The molecular weight excluding hydrogens is 303 g/mol. The zero-order valence-electron chi connectivity index (χ0n) is 11.8. The number of aromatic nitrogens is 3. The quantitative estimate of drug-likeness (QED) is 0.805. The molecule has 0 bridgehead atoms. The summed E-state index contributed by atoms with van der Waals surface area (Å²) in [6, 6.07) is 7.88. The summed E-state index contributed by atoms with van der Waals surface area (Å²) in [5, 5.41) is 9.22. The van der Waals surface area contributed by atoms with Crippen molar-refractivity contribution in [2.24, 2.45) is 7.05 Å². The van der Waals surface area contributed by atoms with Gasteiger partial charge in [-0.15, -0.1) is 11.3 Å². The summed E-state index contributed by atoms with van der Waals surface area (Å²) in [7, 11) is 1.82. The van der Waals surface area contributed by atoms with Crippen LogP contribution in [0.2, 0.25) is 0 Å². The predicted octanol–water partition coefficient (Wildman–Crippen LogP) is 2.61. The lowest BCUT2D eigenvalue weighted by Crippen LogP contribution is -2.24. The fraction of sp³-hybridized carbons (Fsp3) is 0.133. The van der Waals surface area contributed by atoms with Crippen molar-refractivity contribution in [1.82, 2.24) is 20.1 Å². The Morgan fingerprint density at radius 2 is 2.09 bits per heavy atom. The van der Waals surface area contributed by atoms with Crippen LogP contribution in [0.25, 0.3) is 10.6 Å². The third-order valence-corrected chi connectivity index (χ3v) is 4.07. The molecule has 7 heteroatoms. The minimum Gasteiger partial charge on any atom is -0.345 e. The van der Waals surface area contributed by atoms with Crippen molar-refractivity contribution in [3.05, 3.63) is 59.1 Å². The maximum absolute atomic E-state index is 12.9. The van der Waals surface area contributed by atoms with Crippen molar-refractivity contribution >= 4 is 17.2 Å². The van der Waals surface area contributed by atoms with E-state index in [0.717, 1.165) is 11.3 Å². The first kappa shape index (κ1) is 14.4. The van der Waals surface area contributed by atoms with E-state index in [1.807, 2.05) is 13.1 Å². The summed E-state index contributed by atoms with van der Waals surface area (Å²) >= 11 is 1.35. The SMILES string of the molecule is Cn1nccc1CNC(=O)c1csc(-c2ccc(F)cc2)n1. The van der Waals surface area contributed by atoms with Gasteiger partial charge in [-0.2, -0.15) is 5.10 Å². The second-order valence-corrected chi connectivity index (χ2v) is 5.53. The lowest BCUT2D eigenvalue weighted by Gasteiger charge is -2.03. The first-order valence-corrected chi connectivity index (χ1v) is 7.48. The normalized spacial score (nSPS) is 10.6. The van der Waals surface area contributed by atoms with E-state index in [9.17, 15) is 9.18 Å². The van der Waals surface area contributed by atoms with Crippen LogP contribution in [-0.4, -0.2) is 20.7 Å². The fourth-order valence-corrected chi connectivity index (χ4v) is 2.75. The Bertz CT molecular complexity index is 794. The van der Waals surface area contributed by atoms with Gasteiger partial charge in [0, 0.05) is 24.2 Å². The third kappa shape index (κ3) is 3.04. The average molecular weight is 316 g/mol. The van der Waals surface area contributed by atoms with Gasteiger partial charge in [0.25, 0.3) is 5.91 Å². The van der Waals surface area contributed by atoms with Crippen LogP contribution in [0, 0.1) is 5.82 Å². The topological polar surface area (TPSA) is 59.8 Å². The minimum atomic E-state index is -0.297. The van der Waals surface area contributed by atoms with Gasteiger partial charge in [0.2, 0.25) is 0 Å². The Labute approximate surface area is 130 Å². The second-order valence-electron chi connectivity index (χ2n) is 4.67. The van der Waals surface area contributed by atoms with Gasteiger partial charge >= 0.3 is 0 Å². The van der Waals surface area contributed by atoms with E-state index in [0.29, 0.717) is 17.2 Å². The highest BCUT2D eigenvalue weighted by Gasteiger charge is 2.12. The van der Waals surface area contributed by atoms with Crippen LogP contribution < -0.4 is 5.32 Å². The standard InChI is InChI=1S/C15H13FN4OS/c1-20-12(6-7-18-20)8-17-14(21)13-9-22-15(19-13)10-2-4-11(16)5-3-10/h2-7,9H,8H2,1H3,(H,17,21). The van der Waals surface area contributed by atoms with E-state index in [1.165, 1.54) is 23.5 Å². The number of rotatable bonds is 4. The summed E-state index contributed by atoms with van der Waals surface area (Å²) in [6.45, 7) is 0.388. The molecule has 3 rings (SSSR count). The third-order valence-electron chi connectivity index (χ3n) is 3.18. The summed E-state index contributed by atoms with van der Waals surface area (Å²) in [5.41, 5.74) is 2.05. The molecule has 0 radical (unpaired) electrons. The maximum atomic E-state index is 12.9. The minimum absolute atomic E-state index is 0.245. The van der Waals surface area contributed by atoms with Gasteiger partial charge < -0.3 is 5.32 Å². The second kappa shape index (κ2) is 6.07. The van der Waals surface area contributed by atoms with Crippen molar-refractivity contribution in [3.8, 4) is 10.6 Å². The van der Waals surface area contributed by atoms with Crippen LogP contribution in [-0.2, 0) is 13.6 Å². The number of hydrogen-bond acceptors (Lipinski definition) is 4. The molecule has 1 aromatic carbocycles. The number of hydrogen-bond donors (Lipinski definition) is 1. The van der Waals surface area contributed by atoms with Crippen LogP contribution in [0.3, 0.4) is 0 Å². The van der Waals surface area contributed by atoms with E-state index < -0.39 is 0 Å². The van der Waals surface area contributed by atoms with Crippen LogP contribution >= 0.6 is 11.3 Å². The molecule has 0 saturated heterocycles. The molecule has 0 unspecified atom stereocenters. The van der Waals surface area contributed by atoms with Gasteiger partial charge in [-0.3, -0.25) is 9.48 Å². The van der Waals surface area contributed by atoms with Crippen LogP contribution in [0.1, 0.15) is 16.2 Å². The van der Waals surface area contributed by atoms with Crippen molar-refractivity contribution < 1.29 is 9.18 Å². The molecule has 0 aliphatic rings. The van der Waals surface area contributed by atoms with Crippen molar-refractivity contribution in [2.75, 3.05) is 0 Å². The molecule has 0 fully saturated rings. The number of amides is 1. The van der Waals surface area contributed by atoms with Gasteiger partial charge in [-0.1, -0.05) is 0 Å². The Morgan fingerprint density at radius 1 is 1.32 bits per heavy atom. The Hall–Kier alpha value is -2.54. The first-order valence-electron chi connectivity index (χ1n) is 6.60. The number of thiazole rings is 1. The number of halogens is 1. The molecule has 2 aromatic heterocycles. The smallest absolute Gasteiger partial charge is 0.271 e. The molecule has 112 valence electrons. The predicted molar refractivity (Wildman–Crippen MR) is 81.9 cm³/mol. The lowest BCUT2D eigenvalue weighted by atomic mass is 10.2. The van der Waals surface area contributed by atoms with E-state index in [1.54, 1.807) is 28.4 Å². The van der Waals surface area contributed by atoms with Crippen molar-refractivity contribution in [2.45, 2.75) is 6.54 Å². The van der Waals surface area contributed by atoms with Crippen molar-refractivity contribution in [3.63, 3.8) is 0 Å². The number of nitrogens with one attached hydrogen (secondary N) is 1. The fourth-order valence-electron chi connectivity index (χ4n) is 1.94. The molecule has 0 atom stereocenters. The molecule has 0 aliphatic carbocycles. The van der Waals surface area contributed by atoms with Gasteiger partial charge in [-0.05, 0) is 30.3 Å². The molecule has 1 amide bonds. The largest absolute Gasteiger partial charge is 0.345 e. The molecule has 5 nitrogen and oxygen atoms in total. The molecular formula is C15H13FN4OS. The van der Waals surface area contributed by atoms with E-state index >= 15 is 0 Å². The van der Waals surface area contributed by atoms with Gasteiger partial charge in [0.1, 0.15) is 16.5 Å². The summed E-state index contributed by atoms with van der Waals surface area (Å²) in [5.74, 6) is -0.541. The highest BCUT2D eigenvalue weighted by atomic mass is 32.1. The van der Waals surface area contributed by atoms with Gasteiger partial charge in [-0.25, -0.2) is 9.37 Å². The Balaban J connectivity index is 1.69. The first-order chi connectivity index (χ1) is 10.6.